The van der Waals surface area contributed by atoms with Crippen molar-refractivity contribution in [3.63, 3.8) is 0 Å². The molecule has 138 valence electrons. The first-order valence-corrected chi connectivity index (χ1v) is 10.00. The summed E-state index contributed by atoms with van der Waals surface area (Å²) in [6.45, 7) is 0. The van der Waals surface area contributed by atoms with Gasteiger partial charge in [-0.2, -0.15) is 0 Å². The molecule has 0 spiro atoms. The quantitative estimate of drug-likeness (QED) is 0.565. The molecule has 0 radical (unpaired) electrons. The number of hydrogen-bond donors (Lipinski definition) is 3. The highest BCUT2D eigenvalue weighted by atomic mass is 32.2. The van der Waals surface area contributed by atoms with Crippen LogP contribution in [0.5, 0.6) is 0 Å². The van der Waals surface area contributed by atoms with Gasteiger partial charge in [-0.25, -0.2) is 8.42 Å². The van der Waals surface area contributed by atoms with Crippen LogP contribution in [-0.4, -0.2) is 25.2 Å². The van der Waals surface area contributed by atoms with Crippen molar-refractivity contribution in [1.82, 2.24) is 15.8 Å². The molecule has 0 saturated carbocycles. The van der Waals surface area contributed by atoms with Gasteiger partial charge < -0.3 is 0 Å². The summed E-state index contributed by atoms with van der Waals surface area (Å²) in [5, 5.41) is 1.67. The zero-order valence-electron chi connectivity index (χ0n) is 13.7. The molecule has 0 saturated heterocycles. The van der Waals surface area contributed by atoms with Crippen molar-refractivity contribution in [3.05, 3.63) is 77.4 Å². The molecule has 8 nitrogen and oxygen atoms in total. The molecule has 0 fully saturated rings. The van der Waals surface area contributed by atoms with Crippen LogP contribution in [0.25, 0.3) is 0 Å². The van der Waals surface area contributed by atoms with E-state index < -0.39 is 21.8 Å². The lowest BCUT2D eigenvalue weighted by Gasteiger charge is -2.09. The smallest absolute Gasteiger partial charge is 0.279 e. The van der Waals surface area contributed by atoms with Crippen LogP contribution >= 0.6 is 11.3 Å². The second kappa shape index (κ2) is 7.98. The van der Waals surface area contributed by atoms with Gasteiger partial charge in [-0.3, -0.25) is 30.1 Å². The van der Waals surface area contributed by atoms with Crippen LogP contribution in [0.2, 0.25) is 0 Å². The summed E-state index contributed by atoms with van der Waals surface area (Å²) in [5.41, 5.74) is 5.26. The summed E-state index contributed by atoms with van der Waals surface area (Å²) in [4.78, 5) is 27.8. The van der Waals surface area contributed by atoms with Crippen molar-refractivity contribution in [2.75, 3.05) is 4.72 Å². The topological polar surface area (TPSA) is 117 Å². The van der Waals surface area contributed by atoms with Gasteiger partial charge in [-0.05, 0) is 47.8 Å². The van der Waals surface area contributed by atoms with E-state index in [0.29, 0.717) is 5.69 Å². The molecule has 2 aromatic heterocycles. The molecule has 27 heavy (non-hydrogen) atoms. The molecule has 0 aliphatic heterocycles. The van der Waals surface area contributed by atoms with E-state index in [9.17, 15) is 18.0 Å². The average molecular weight is 402 g/mol. The van der Waals surface area contributed by atoms with Crippen molar-refractivity contribution in [3.8, 4) is 0 Å². The fraction of sp³-hybridized carbons (Fsp3) is 0. The molecule has 3 N–H and O–H groups in total. The summed E-state index contributed by atoms with van der Waals surface area (Å²) < 4.78 is 26.9. The molecule has 10 heteroatoms. The number of thiophene rings is 1. The van der Waals surface area contributed by atoms with Gasteiger partial charge in [0, 0.05) is 17.4 Å². The monoisotopic (exact) mass is 402 g/mol. The Kier molecular flexibility index (Phi) is 5.48. The van der Waals surface area contributed by atoms with Crippen molar-refractivity contribution in [1.29, 1.82) is 0 Å². The molecule has 0 bridgehead atoms. The zero-order chi connectivity index (χ0) is 19.3. The van der Waals surface area contributed by atoms with E-state index in [1.54, 1.807) is 23.6 Å². The maximum atomic E-state index is 12.2. The van der Waals surface area contributed by atoms with E-state index in [1.807, 2.05) is 0 Å². The van der Waals surface area contributed by atoms with Gasteiger partial charge in [0.05, 0.1) is 0 Å². The van der Waals surface area contributed by atoms with Crippen LogP contribution in [0.1, 0.15) is 20.8 Å². The van der Waals surface area contributed by atoms with Crippen molar-refractivity contribution in [2.24, 2.45) is 0 Å². The van der Waals surface area contributed by atoms with Crippen molar-refractivity contribution < 1.29 is 18.0 Å². The number of hydrazine groups is 1. The Bertz CT molecular complexity index is 1030. The number of carbonyl (C=O) groups is 2. The van der Waals surface area contributed by atoms with Crippen molar-refractivity contribution >= 4 is 38.9 Å². The maximum Gasteiger partial charge on any atom is 0.288 e. The Morgan fingerprint density at radius 3 is 2.26 bits per heavy atom. The van der Waals surface area contributed by atoms with Gasteiger partial charge >= 0.3 is 0 Å². The summed E-state index contributed by atoms with van der Waals surface area (Å²) >= 11 is 1.10. The van der Waals surface area contributed by atoms with Crippen LogP contribution < -0.4 is 15.6 Å². The maximum absolute atomic E-state index is 12.2. The van der Waals surface area contributed by atoms with E-state index in [0.717, 1.165) is 11.3 Å². The fourth-order valence-corrected chi connectivity index (χ4v) is 4.11. The van der Waals surface area contributed by atoms with Gasteiger partial charge in [0.1, 0.15) is 9.90 Å². The number of hydrogen-bond acceptors (Lipinski definition) is 6. The number of amides is 2. The van der Waals surface area contributed by atoms with E-state index >= 15 is 0 Å². The first-order valence-electron chi connectivity index (χ1n) is 7.64. The van der Waals surface area contributed by atoms with Gasteiger partial charge in [-0.15, -0.1) is 11.3 Å². The lowest BCUT2D eigenvalue weighted by molar-refractivity contribution is 0.0844. The fourth-order valence-electron chi connectivity index (χ4n) is 2.06. The SMILES string of the molecule is O=C(NNC(=O)c1ccccn1)c1ccc(NS(=O)(=O)c2cccs2)cc1. The highest BCUT2D eigenvalue weighted by Crippen LogP contribution is 2.20. The number of nitrogens with one attached hydrogen (secondary N) is 3. The summed E-state index contributed by atoms with van der Waals surface area (Å²) in [7, 11) is -3.65. The summed E-state index contributed by atoms with van der Waals surface area (Å²) in [6.07, 6.45) is 1.46. The number of nitrogens with zero attached hydrogens (tertiary/aromatic N) is 1. The van der Waals surface area contributed by atoms with E-state index in [-0.39, 0.29) is 15.5 Å². The van der Waals surface area contributed by atoms with E-state index in [4.69, 9.17) is 0 Å². The van der Waals surface area contributed by atoms with E-state index in [2.05, 4.69) is 20.6 Å². The third-order valence-corrected chi connectivity index (χ3v) is 6.13. The van der Waals surface area contributed by atoms with Crippen LogP contribution in [0, 0.1) is 0 Å². The van der Waals surface area contributed by atoms with Crippen LogP contribution in [-0.2, 0) is 10.0 Å². The zero-order valence-corrected chi connectivity index (χ0v) is 15.4. The first kappa shape index (κ1) is 18.5. The molecule has 2 amide bonds. The number of benzene rings is 1. The Hall–Kier alpha value is -3.24. The molecule has 0 unspecified atom stereocenters. The molecular weight excluding hydrogens is 388 g/mol. The van der Waals surface area contributed by atoms with Gasteiger partial charge in [-0.1, -0.05) is 12.1 Å². The minimum Gasteiger partial charge on any atom is -0.279 e. The molecule has 3 aromatic rings. The number of anilines is 1. The van der Waals surface area contributed by atoms with E-state index in [1.165, 1.54) is 42.6 Å². The number of sulfonamides is 1. The van der Waals surface area contributed by atoms with Crippen LogP contribution in [0.15, 0.2) is 70.4 Å². The van der Waals surface area contributed by atoms with Gasteiger partial charge in [0.2, 0.25) is 0 Å². The second-order valence-electron chi connectivity index (χ2n) is 5.24. The third kappa shape index (κ3) is 4.68. The molecule has 0 aliphatic rings. The minimum atomic E-state index is -3.65. The lowest BCUT2D eigenvalue weighted by Crippen LogP contribution is -2.41. The van der Waals surface area contributed by atoms with Crippen LogP contribution in [0.3, 0.4) is 0 Å². The normalized spacial score (nSPS) is 10.8. The Labute approximate surface area is 159 Å². The number of carbonyl (C=O) groups excluding carboxylic acids is 2. The molecule has 0 atom stereocenters. The highest BCUT2D eigenvalue weighted by Gasteiger charge is 2.15. The number of pyridine rings is 1. The lowest BCUT2D eigenvalue weighted by atomic mass is 10.2. The minimum absolute atomic E-state index is 0.163. The Morgan fingerprint density at radius 1 is 0.889 bits per heavy atom. The third-order valence-electron chi connectivity index (χ3n) is 3.35. The van der Waals surface area contributed by atoms with Crippen LogP contribution in [0.4, 0.5) is 5.69 Å². The molecule has 2 heterocycles. The largest absolute Gasteiger partial charge is 0.288 e. The van der Waals surface area contributed by atoms with Gasteiger partial charge in [0.25, 0.3) is 21.8 Å². The predicted octanol–water partition coefficient (Wildman–Crippen LogP) is 2.02. The average Bonchev–Trinajstić information content (AvgIpc) is 3.23. The molecule has 1 aromatic carbocycles. The molecule has 0 aliphatic carbocycles. The van der Waals surface area contributed by atoms with Crippen molar-refractivity contribution in [2.45, 2.75) is 4.21 Å². The summed E-state index contributed by atoms with van der Waals surface area (Å²) in [5.74, 6) is -1.10. The molecular formula is C17H14N4O4S2. The number of rotatable bonds is 5. The second-order valence-corrected chi connectivity index (χ2v) is 8.10. The number of aromatic nitrogens is 1. The van der Waals surface area contributed by atoms with Gasteiger partial charge in [0.15, 0.2) is 0 Å². The predicted molar refractivity (Wildman–Crippen MR) is 101 cm³/mol. The standard InChI is InChI=1S/C17H14N4O4S2/c22-16(19-20-17(23)14-4-1-2-10-18-14)12-6-8-13(9-7-12)21-27(24,25)15-5-3-11-26-15/h1-11,21H,(H,19,22)(H,20,23). The Morgan fingerprint density at radius 2 is 1.63 bits per heavy atom. The first-order chi connectivity index (χ1) is 13.0. The summed E-state index contributed by atoms with van der Waals surface area (Å²) in [6, 6.07) is 13.8. The Balaban J connectivity index is 1.60. The molecule has 3 rings (SSSR count). The highest BCUT2D eigenvalue weighted by molar-refractivity contribution is 7.94.